The minimum atomic E-state index is -1.06. The van der Waals surface area contributed by atoms with E-state index in [2.05, 4.69) is 0 Å². The lowest BCUT2D eigenvalue weighted by molar-refractivity contribution is 0.0697. The van der Waals surface area contributed by atoms with Gasteiger partial charge in [-0.15, -0.1) is 11.8 Å². The number of hydrogen-bond donors (Lipinski definition) is 2. The fourth-order valence-electron chi connectivity index (χ4n) is 0.893. The van der Waals surface area contributed by atoms with E-state index in [0.29, 0.717) is 5.69 Å². The van der Waals surface area contributed by atoms with Gasteiger partial charge >= 0.3 is 5.97 Å². The molecule has 3 nitrogen and oxygen atoms in total. The summed E-state index contributed by atoms with van der Waals surface area (Å²) in [6.45, 7) is 0. The molecule has 1 rings (SSSR count). The predicted molar refractivity (Wildman–Crippen MR) is 54.6 cm³/mol. The van der Waals surface area contributed by atoms with E-state index < -0.39 is 5.97 Å². The van der Waals surface area contributed by atoms with E-state index >= 15 is 0 Å². The van der Waals surface area contributed by atoms with Crippen molar-refractivity contribution >= 4 is 35.0 Å². The van der Waals surface area contributed by atoms with Crippen molar-refractivity contribution in [1.29, 1.82) is 0 Å². The van der Waals surface area contributed by atoms with Crippen molar-refractivity contribution in [3.05, 3.63) is 22.7 Å². The molecule has 0 aliphatic heterocycles. The third-order valence-corrected chi connectivity index (χ3v) is 2.67. The maximum absolute atomic E-state index is 10.7. The zero-order chi connectivity index (χ0) is 10.0. The van der Waals surface area contributed by atoms with Crippen LogP contribution < -0.4 is 5.73 Å². The summed E-state index contributed by atoms with van der Waals surface area (Å²) in [4.78, 5) is 11.5. The molecule has 70 valence electrons. The quantitative estimate of drug-likeness (QED) is 0.590. The number of anilines is 1. The van der Waals surface area contributed by atoms with Gasteiger partial charge in [0.25, 0.3) is 0 Å². The van der Waals surface area contributed by atoms with Crippen molar-refractivity contribution in [2.75, 3.05) is 12.0 Å². The Morgan fingerprint density at radius 3 is 2.69 bits per heavy atom. The van der Waals surface area contributed by atoms with Gasteiger partial charge in [0.1, 0.15) is 0 Å². The molecule has 0 unspecified atom stereocenters. The molecule has 3 N–H and O–H groups in total. The summed E-state index contributed by atoms with van der Waals surface area (Å²) in [6, 6.07) is 3.16. The molecule has 0 bridgehead atoms. The topological polar surface area (TPSA) is 63.3 Å². The van der Waals surface area contributed by atoms with Gasteiger partial charge in [0.05, 0.1) is 16.3 Å². The number of aromatic carboxylic acids is 1. The molecule has 0 aromatic heterocycles. The van der Waals surface area contributed by atoms with E-state index in [0.717, 1.165) is 4.90 Å². The number of rotatable bonds is 2. The molecule has 0 atom stereocenters. The molecule has 5 heteroatoms. The van der Waals surface area contributed by atoms with Gasteiger partial charge in [0.2, 0.25) is 0 Å². The molecular formula is C8H8ClNO2S. The molecule has 1 aromatic rings. The fraction of sp³-hybridized carbons (Fsp3) is 0.125. The van der Waals surface area contributed by atoms with Crippen molar-refractivity contribution in [3.8, 4) is 0 Å². The zero-order valence-electron chi connectivity index (χ0n) is 6.87. The second-order valence-electron chi connectivity index (χ2n) is 2.38. The molecule has 0 aliphatic rings. The minimum Gasteiger partial charge on any atom is -0.478 e. The zero-order valence-corrected chi connectivity index (χ0v) is 8.45. The number of nitrogen functional groups attached to an aromatic ring is 1. The largest absolute Gasteiger partial charge is 0.478 e. The predicted octanol–water partition coefficient (Wildman–Crippen LogP) is 2.34. The van der Waals surface area contributed by atoms with E-state index in [9.17, 15) is 4.79 Å². The molecule has 0 aliphatic carbocycles. The second-order valence-corrected chi connectivity index (χ2v) is 3.64. The van der Waals surface area contributed by atoms with Crippen LogP contribution in [0.15, 0.2) is 17.0 Å². The van der Waals surface area contributed by atoms with E-state index in [1.165, 1.54) is 17.8 Å². The number of halogens is 1. The Labute approximate surface area is 84.9 Å². The SMILES string of the molecule is CSc1cc(N)c(Cl)c(C(=O)O)c1. The molecule has 0 spiro atoms. The van der Waals surface area contributed by atoms with Crippen LogP contribution in [0.4, 0.5) is 5.69 Å². The van der Waals surface area contributed by atoms with Crippen LogP contribution in [0.3, 0.4) is 0 Å². The summed E-state index contributed by atoms with van der Waals surface area (Å²) in [5.41, 5.74) is 5.87. The lowest BCUT2D eigenvalue weighted by Gasteiger charge is -2.05. The summed E-state index contributed by atoms with van der Waals surface area (Å²) in [7, 11) is 0. The highest BCUT2D eigenvalue weighted by Gasteiger charge is 2.12. The first kappa shape index (κ1) is 10.2. The number of nitrogens with two attached hydrogens (primary N) is 1. The number of carbonyl (C=O) groups is 1. The first-order valence-corrected chi connectivity index (χ1v) is 5.03. The highest BCUT2D eigenvalue weighted by atomic mass is 35.5. The standard InChI is InChI=1S/C8H8ClNO2S/c1-13-4-2-5(8(11)12)7(9)6(10)3-4/h2-3H,10H2,1H3,(H,11,12). The highest BCUT2D eigenvalue weighted by molar-refractivity contribution is 7.98. The maximum atomic E-state index is 10.7. The van der Waals surface area contributed by atoms with Crippen molar-refractivity contribution < 1.29 is 9.90 Å². The van der Waals surface area contributed by atoms with E-state index in [1.54, 1.807) is 6.07 Å². The summed E-state index contributed by atoms with van der Waals surface area (Å²) < 4.78 is 0. The molecule has 0 saturated carbocycles. The van der Waals surface area contributed by atoms with E-state index in [-0.39, 0.29) is 10.6 Å². The van der Waals surface area contributed by atoms with Crippen LogP contribution in [0.25, 0.3) is 0 Å². The molecule has 0 heterocycles. The van der Waals surface area contributed by atoms with Crippen molar-refractivity contribution in [2.45, 2.75) is 4.90 Å². The Balaban J connectivity index is 3.33. The van der Waals surface area contributed by atoms with Gasteiger partial charge in [-0.3, -0.25) is 0 Å². The maximum Gasteiger partial charge on any atom is 0.337 e. The van der Waals surface area contributed by atoms with Crippen molar-refractivity contribution in [2.24, 2.45) is 0 Å². The molecule has 0 fully saturated rings. The number of carboxylic acid groups (broad SMARTS) is 1. The number of carboxylic acids is 1. The Morgan fingerprint density at radius 2 is 2.23 bits per heavy atom. The van der Waals surface area contributed by atoms with Gasteiger partial charge in [-0.25, -0.2) is 4.79 Å². The summed E-state index contributed by atoms with van der Waals surface area (Å²) >= 11 is 7.12. The Hall–Kier alpha value is -0.870. The third kappa shape index (κ3) is 2.08. The van der Waals surface area contributed by atoms with Crippen LogP contribution in [-0.4, -0.2) is 17.3 Å². The van der Waals surface area contributed by atoms with Crippen LogP contribution in [0.5, 0.6) is 0 Å². The van der Waals surface area contributed by atoms with Crippen molar-refractivity contribution in [1.82, 2.24) is 0 Å². The van der Waals surface area contributed by atoms with Crippen LogP contribution in [0.1, 0.15) is 10.4 Å². The molecule has 13 heavy (non-hydrogen) atoms. The van der Waals surface area contributed by atoms with E-state index in [1.807, 2.05) is 6.26 Å². The second kappa shape index (κ2) is 3.89. The van der Waals surface area contributed by atoms with Gasteiger partial charge in [-0.1, -0.05) is 11.6 Å². The Bertz CT molecular complexity index is 354. The van der Waals surface area contributed by atoms with Gasteiger partial charge in [0, 0.05) is 4.90 Å². The summed E-state index contributed by atoms with van der Waals surface area (Å²) in [5.74, 6) is -1.06. The van der Waals surface area contributed by atoms with Crippen LogP contribution in [0, 0.1) is 0 Å². The summed E-state index contributed by atoms with van der Waals surface area (Å²) in [6.07, 6.45) is 1.84. The lowest BCUT2D eigenvalue weighted by Crippen LogP contribution is -2.00. The normalized spacial score (nSPS) is 10.0. The minimum absolute atomic E-state index is 0.0472. The first-order valence-electron chi connectivity index (χ1n) is 3.42. The number of hydrogen-bond acceptors (Lipinski definition) is 3. The molecular weight excluding hydrogens is 210 g/mol. The molecule has 0 saturated heterocycles. The first-order chi connectivity index (χ1) is 6.06. The molecule has 1 aromatic carbocycles. The third-order valence-electron chi connectivity index (χ3n) is 1.54. The average molecular weight is 218 g/mol. The molecule has 0 amide bonds. The monoisotopic (exact) mass is 217 g/mol. The fourth-order valence-corrected chi connectivity index (χ4v) is 1.56. The van der Waals surface area contributed by atoms with Crippen LogP contribution >= 0.6 is 23.4 Å². The van der Waals surface area contributed by atoms with Gasteiger partial charge < -0.3 is 10.8 Å². The summed E-state index contributed by atoms with van der Waals surface area (Å²) in [5, 5.41) is 8.86. The highest BCUT2D eigenvalue weighted by Crippen LogP contribution is 2.29. The Morgan fingerprint density at radius 1 is 1.62 bits per heavy atom. The van der Waals surface area contributed by atoms with Gasteiger partial charge in [-0.05, 0) is 18.4 Å². The smallest absolute Gasteiger partial charge is 0.337 e. The van der Waals surface area contributed by atoms with E-state index in [4.69, 9.17) is 22.4 Å². The average Bonchev–Trinajstić information content (AvgIpc) is 2.09. The molecule has 0 radical (unpaired) electrons. The lowest BCUT2D eigenvalue weighted by atomic mass is 10.2. The van der Waals surface area contributed by atoms with Gasteiger partial charge in [0.15, 0.2) is 0 Å². The number of thioether (sulfide) groups is 1. The number of benzene rings is 1. The van der Waals surface area contributed by atoms with Gasteiger partial charge in [-0.2, -0.15) is 0 Å². The van der Waals surface area contributed by atoms with Crippen LogP contribution in [-0.2, 0) is 0 Å². The van der Waals surface area contributed by atoms with Crippen LogP contribution in [0.2, 0.25) is 5.02 Å². The Kier molecular flexibility index (Phi) is 3.06. The van der Waals surface area contributed by atoms with Crippen molar-refractivity contribution in [3.63, 3.8) is 0 Å².